The number of aryl methyl sites for hydroxylation is 1. The van der Waals surface area contributed by atoms with Gasteiger partial charge in [0.1, 0.15) is 6.61 Å². The summed E-state index contributed by atoms with van der Waals surface area (Å²) in [5, 5.41) is 10.0. The second-order valence-electron chi connectivity index (χ2n) is 2.28. The van der Waals surface area contributed by atoms with E-state index >= 15 is 0 Å². The lowest BCUT2D eigenvalue weighted by atomic mass is 10.2. The molecule has 0 fully saturated rings. The third-order valence-electron chi connectivity index (χ3n) is 1.48. The molecule has 0 unspecified atom stereocenters. The fourth-order valence-electron chi connectivity index (χ4n) is 0.816. The zero-order chi connectivity index (χ0) is 9.14. The number of carboxylic acid groups (broad SMARTS) is 1. The minimum absolute atomic E-state index is 0.0382. The third-order valence-corrected chi connectivity index (χ3v) is 2.45. The van der Waals surface area contributed by atoms with E-state index in [0.717, 1.165) is 10.4 Å². The number of nitrogen functional groups attached to an aromatic ring is 1. The van der Waals surface area contributed by atoms with Crippen molar-refractivity contribution in [3.8, 4) is 0 Å². The van der Waals surface area contributed by atoms with E-state index in [0.29, 0.717) is 5.69 Å². The molecule has 0 saturated carbocycles. The van der Waals surface area contributed by atoms with Crippen molar-refractivity contribution in [2.45, 2.75) is 13.5 Å². The van der Waals surface area contributed by atoms with Gasteiger partial charge < -0.3 is 15.6 Å². The normalized spacial score (nSPS) is 9.75. The SMILES string of the molecule is Cc1scc(N)c1COC(=O)O. The molecule has 0 atom stereocenters. The highest BCUT2D eigenvalue weighted by atomic mass is 32.1. The fraction of sp³-hybridized carbons (Fsp3) is 0.286. The molecule has 0 aliphatic carbocycles. The summed E-state index contributed by atoms with van der Waals surface area (Å²) in [6.07, 6.45) is -1.28. The van der Waals surface area contributed by atoms with E-state index in [2.05, 4.69) is 4.74 Å². The maximum atomic E-state index is 10.1. The van der Waals surface area contributed by atoms with Gasteiger partial charge in [0.15, 0.2) is 0 Å². The molecule has 1 rings (SSSR count). The molecular formula is C7H9NO3S. The number of hydrogen-bond donors (Lipinski definition) is 2. The molecule has 0 bridgehead atoms. The number of thiophene rings is 1. The number of nitrogens with two attached hydrogens (primary N) is 1. The molecule has 4 nitrogen and oxygen atoms in total. The molecule has 12 heavy (non-hydrogen) atoms. The standard InChI is InChI=1S/C7H9NO3S/c1-4-5(2-11-7(9)10)6(8)3-12-4/h3H,2,8H2,1H3,(H,9,10). The fourth-order valence-corrected chi connectivity index (χ4v) is 1.58. The molecule has 1 aromatic rings. The van der Waals surface area contributed by atoms with Crippen LogP contribution in [0.15, 0.2) is 5.38 Å². The average Bonchev–Trinajstić information content (AvgIpc) is 2.28. The van der Waals surface area contributed by atoms with E-state index in [-0.39, 0.29) is 6.61 Å². The Hall–Kier alpha value is -1.23. The van der Waals surface area contributed by atoms with Crippen LogP contribution in [0.4, 0.5) is 10.5 Å². The molecule has 0 spiro atoms. The summed E-state index contributed by atoms with van der Waals surface area (Å²) in [7, 11) is 0. The van der Waals surface area contributed by atoms with Gasteiger partial charge in [0.2, 0.25) is 0 Å². The number of carbonyl (C=O) groups is 1. The quantitative estimate of drug-likeness (QED) is 0.693. The number of hydrogen-bond acceptors (Lipinski definition) is 4. The van der Waals surface area contributed by atoms with Gasteiger partial charge in [-0.25, -0.2) is 4.79 Å². The molecule has 0 aliphatic heterocycles. The van der Waals surface area contributed by atoms with Gasteiger partial charge in [-0.2, -0.15) is 0 Å². The molecule has 0 radical (unpaired) electrons. The molecular weight excluding hydrogens is 178 g/mol. The van der Waals surface area contributed by atoms with Gasteiger partial charge in [-0.1, -0.05) is 0 Å². The van der Waals surface area contributed by atoms with E-state index in [1.54, 1.807) is 5.38 Å². The van der Waals surface area contributed by atoms with Crippen molar-refractivity contribution in [2.24, 2.45) is 0 Å². The summed E-state index contributed by atoms with van der Waals surface area (Å²) in [6.45, 7) is 1.91. The van der Waals surface area contributed by atoms with Crippen LogP contribution in [-0.4, -0.2) is 11.3 Å². The van der Waals surface area contributed by atoms with Gasteiger partial charge in [0.25, 0.3) is 0 Å². The lowest BCUT2D eigenvalue weighted by Gasteiger charge is -2.00. The van der Waals surface area contributed by atoms with Crippen LogP contribution in [0.3, 0.4) is 0 Å². The first-order valence-corrected chi connectivity index (χ1v) is 4.17. The first-order chi connectivity index (χ1) is 5.61. The van der Waals surface area contributed by atoms with Crippen LogP contribution in [0.5, 0.6) is 0 Å². The lowest BCUT2D eigenvalue weighted by molar-refractivity contribution is 0.0855. The van der Waals surface area contributed by atoms with Crippen molar-refractivity contribution in [3.63, 3.8) is 0 Å². The van der Waals surface area contributed by atoms with Crippen LogP contribution in [0, 0.1) is 6.92 Å². The second-order valence-corrected chi connectivity index (χ2v) is 3.36. The van der Waals surface area contributed by atoms with Crippen molar-refractivity contribution in [1.82, 2.24) is 0 Å². The maximum Gasteiger partial charge on any atom is 0.506 e. The number of rotatable bonds is 2. The van der Waals surface area contributed by atoms with Crippen molar-refractivity contribution in [3.05, 3.63) is 15.8 Å². The highest BCUT2D eigenvalue weighted by Crippen LogP contribution is 2.24. The first kappa shape index (κ1) is 8.86. The zero-order valence-corrected chi connectivity index (χ0v) is 7.35. The van der Waals surface area contributed by atoms with Gasteiger partial charge in [0, 0.05) is 21.5 Å². The van der Waals surface area contributed by atoms with Gasteiger partial charge in [-0.15, -0.1) is 11.3 Å². The molecule has 5 heteroatoms. The largest absolute Gasteiger partial charge is 0.506 e. The third kappa shape index (κ3) is 1.88. The highest BCUT2D eigenvalue weighted by molar-refractivity contribution is 7.10. The Kier molecular flexibility index (Phi) is 2.54. The van der Waals surface area contributed by atoms with Crippen LogP contribution in [0.25, 0.3) is 0 Å². The van der Waals surface area contributed by atoms with Crippen molar-refractivity contribution >= 4 is 23.2 Å². The molecule has 0 amide bonds. The minimum atomic E-state index is -1.28. The molecule has 0 saturated heterocycles. The molecule has 66 valence electrons. The minimum Gasteiger partial charge on any atom is -0.450 e. The van der Waals surface area contributed by atoms with Crippen molar-refractivity contribution in [1.29, 1.82) is 0 Å². The Morgan fingerprint density at radius 2 is 2.50 bits per heavy atom. The summed E-state index contributed by atoms with van der Waals surface area (Å²) in [4.78, 5) is 11.1. The van der Waals surface area contributed by atoms with E-state index < -0.39 is 6.16 Å². The van der Waals surface area contributed by atoms with Gasteiger partial charge in [-0.05, 0) is 6.92 Å². The van der Waals surface area contributed by atoms with Crippen LogP contribution < -0.4 is 5.73 Å². The van der Waals surface area contributed by atoms with Crippen LogP contribution in [0.1, 0.15) is 10.4 Å². The molecule has 0 aliphatic rings. The Morgan fingerprint density at radius 1 is 1.83 bits per heavy atom. The smallest absolute Gasteiger partial charge is 0.450 e. The zero-order valence-electron chi connectivity index (χ0n) is 6.53. The van der Waals surface area contributed by atoms with Crippen LogP contribution in [0.2, 0.25) is 0 Å². The van der Waals surface area contributed by atoms with Gasteiger partial charge >= 0.3 is 6.16 Å². The maximum absolute atomic E-state index is 10.1. The summed E-state index contributed by atoms with van der Waals surface area (Å²) in [5.74, 6) is 0. The van der Waals surface area contributed by atoms with Crippen LogP contribution in [-0.2, 0) is 11.3 Å². The van der Waals surface area contributed by atoms with E-state index in [1.165, 1.54) is 11.3 Å². The predicted octanol–water partition coefficient (Wildman–Crippen LogP) is 1.83. The lowest BCUT2D eigenvalue weighted by Crippen LogP contribution is -2.02. The Balaban J connectivity index is 2.68. The Morgan fingerprint density at radius 3 is 2.92 bits per heavy atom. The summed E-state index contributed by atoms with van der Waals surface area (Å²) in [6, 6.07) is 0. The summed E-state index contributed by atoms with van der Waals surface area (Å²) >= 11 is 1.48. The second kappa shape index (κ2) is 3.44. The Bertz CT molecular complexity index is 275. The Labute approximate surface area is 73.6 Å². The average molecular weight is 187 g/mol. The molecule has 1 heterocycles. The summed E-state index contributed by atoms with van der Waals surface area (Å²) in [5.41, 5.74) is 6.93. The first-order valence-electron chi connectivity index (χ1n) is 3.29. The van der Waals surface area contributed by atoms with E-state index in [4.69, 9.17) is 10.8 Å². The molecule has 0 aromatic carbocycles. The van der Waals surface area contributed by atoms with E-state index in [1.807, 2.05) is 6.92 Å². The molecule has 3 N–H and O–H groups in total. The van der Waals surface area contributed by atoms with Crippen molar-refractivity contribution in [2.75, 3.05) is 5.73 Å². The van der Waals surface area contributed by atoms with E-state index in [9.17, 15) is 4.79 Å². The monoisotopic (exact) mass is 187 g/mol. The number of anilines is 1. The van der Waals surface area contributed by atoms with Gasteiger partial charge in [0.05, 0.1) is 0 Å². The topological polar surface area (TPSA) is 72.5 Å². The summed E-state index contributed by atoms with van der Waals surface area (Å²) < 4.78 is 4.39. The highest BCUT2D eigenvalue weighted by Gasteiger charge is 2.07. The number of ether oxygens (including phenoxy) is 1. The van der Waals surface area contributed by atoms with Crippen LogP contribution >= 0.6 is 11.3 Å². The van der Waals surface area contributed by atoms with Crippen molar-refractivity contribution < 1.29 is 14.6 Å². The van der Waals surface area contributed by atoms with Gasteiger partial charge in [-0.3, -0.25) is 0 Å². The predicted molar refractivity (Wildman–Crippen MR) is 46.3 cm³/mol. The molecule has 1 aromatic heterocycles.